The third-order valence-corrected chi connectivity index (χ3v) is 10.5. The normalized spacial score (nSPS) is 30.2. The fourth-order valence-corrected chi connectivity index (χ4v) is 8.98. The van der Waals surface area contributed by atoms with Crippen LogP contribution in [-0.2, 0) is 9.53 Å². The van der Waals surface area contributed by atoms with Gasteiger partial charge in [-0.2, -0.15) is 0 Å². The Balaban J connectivity index is 2.13. The van der Waals surface area contributed by atoms with Crippen LogP contribution in [0, 0.1) is 5.41 Å². The fourth-order valence-electron chi connectivity index (χ4n) is 5.01. The van der Waals surface area contributed by atoms with Crippen molar-refractivity contribution < 1.29 is 14.6 Å². The molecule has 0 aromatic heterocycles. The molecule has 4 heteroatoms. The molecule has 2 aliphatic carbocycles. The first-order valence-electron chi connectivity index (χ1n) is 8.96. The van der Waals surface area contributed by atoms with Crippen molar-refractivity contribution in [2.24, 2.45) is 5.41 Å². The minimum absolute atomic E-state index is 0.0955. The summed E-state index contributed by atoms with van der Waals surface area (Å²) in [7, 11) is -0.479. The largest absolute Gasteiger partial charge is 0.468 e. The van der Waals surface area contributed by atoms with E-state index in [1.807, 2.05) is 12.1 Å². The maximum atomic E-state index is 13.0. The van der Waals surface area contributed by atoms with E-state index in [-0.39, 0.29) is 11.5 Å². The zero-order valence-electron chi connectivity index (χ0n) is 14.9. The van der Waals surface area contributed by atoms with E-state index in [2.05, 4.69) is 37.4 Å². The van der Waals surface area contributed by atoms with Gasteiger partial charge in [-0.3, -0.25) is 4.79 Å². The first kappa shape index (κ1) is 17.4. The third-order valence-electron chi connectivity index (χ3n) is 6.24. The second kappa shape index (κ2) is 6.49. The summed E-state index contributed by atoms with van der Waals surface area (Å²) in [5.74, 6) is -0.0955. The van der Waals surface area contributed by atoms with E-state index in [1.165, 1.54) is 12.3 Å². The Labute approximate surface area is 145 Å². The molecule has 1 fully saturated rings. The summed E-state index contributed by atoms with van der Waals surface area (Å²) in [4.78, 5) is 13.0. The zero-order valence-corrected chi connectivity index (χ0v) is 15.9. The van der Waals surface area contributed by atoms with Crippen molar-refractivity contribution in [3.8, 4) is 0 Å². The zero-order chi connectivity index (χ0) is 17.4. The minimum atomic E-state index is -1.98. The highest BCUT2D eigenvalue weighted by molar-refractivity contribution is 6.91. The van der Waals surface area contributed by atoms with Crippen LogP contribution >= 0.6 is 0 Å². The maximum absolute atomic E-state index is 13.0. The number of carbonyl (C=O) groups is 1. The molecule has 0 saturated heterocycles. The summed E-state index contributed by atoms with van der Waals surface area (Å²) >= 11 is 0. The Morgan fingerprint density at radius 2 is 1.96 bits per heavy atom. The van der Waals surface area contributed by atoms with Crippen LogP contribution in [0.5, 0.6) is 0 Å². The first-order chi connectivity index (χ1) is 11.4. The number of hydrogen-bond donors (Lipinski definition) is 1. The molecule has 2 aliphatic rings. The Hall–Kier alpha value is -1.39. The number of carbonyl (C=O) groups excluding carboxylic acids is 1. The molecular weight excluding hydrogens is 316 g/mol. The molecule has 0 aliphatic heterocycles. The van der Waals surface area contributed by atoms with Crippen LogP contribution in [0.15, 0.2) is 42.0 Å². The van der Waals surface area contributed by atoms with E-state index >= 15 is 0 Å². The summed E-state index contributed by atoms with van der Waals surface area (Å²) in [6.45, 7) is 4.67. The molecule has 0 amide bonds. The number of ether oxygens (including phenoxy) is 1. The minimum Gasteiger partial charge on any atom is -0.468 e. The molecule has 1 N–H and O–H groups in total. The molecule has 0 radical (unpaired) electrons. The van der Waals surface area contributed by atoms with E-state index in [4.69, 9.17) is 4.74 Å². The highest BCUT2D eigenvalue weighted by Gasteiger charge is 2.58. The SMILES string of the molecule is COC(=O)[C@@]12CCCCC1=C[C@@H](O)C[C@H]2[Si](C)(C)c1ccccc1. The van der Waals surface area contributed by atoms with Crippen LogP contribution in [0.3, 0.4) is 0 Å². The van der Waals surface area contributed by atoms with Crippen LogP contribution in [0.1, 0.15) is 32.1 Å². The molecule has 3 rings (SSSR count). The summed E-state index contributed by atoms with van der Waals surface area (Å²) in [5, 5.41) is 11.8. The molecule has 3 nitrogen and oxygen atoms in total. The second-order valence-corrected chi connectivity index (χ2v) is 12.5. The van der Waals surface area contributed by atoms with Crippen molar-refractivity contribution >= 4 is 19.2 Å². The molecule has 130 valence electrons. The number of hydrogen-bond acceptors (Lipinski definition) is 3. The van der Waals surface area contributed by atoms with Gasteiger partial charge in [-0.1, -0.05) is 66.7 Å². The highest BCUT2D eigenvalue weighted by Crippen LogP contribution is 2.57. The average Bonchev–Trinajstić information content (AvgIpc) is 2.60. The van der Waals surface area contributed by atoms with Gasteiger partial charge in [0.1, 0.15) is 0 Å². The average molecular weight is 345 g/mol. The number of methoxy groups -OCH3 is 1. The van der Waals surface area contributed by atoms with E-state index in [0.717, 1.165) is 31.3 Å². The highest BCUT2D eigenvalue weighted by atomic mass is 28.3. The van der Waals surface area contributed by atoms with E-state index in [1.54, 1.807) is 0 Å². The molecule has 24 heavy (non-hydrogen) atoms. The standard InChI is InChI=1S/C20H28O3Si/c1-23-19(22)20-12-8-7-9-15(20)13-16(21)14-18(20)24(2,3)17-10-5-4-6-11-17/h4-6,10-11,13,16,18,21H,7-9,12,14H2,1-3H3/t16-,18-,20+/m1/s1. The van der Waals surface area contributed by atoms with Gasteiger partial charge in [0.25, 0.3) is 0 Å². The molecule has 1 aromatic rings. The number of esters is 1. The third kappa shape index (κ3) is 2.66. The number of aliphatic hydroxyl groups is 1. The van der Waals surface area contributed by atoms with Crippen LogP contribution in [0.4, 0.5) is 0 Å². The topological polar surface area (TPSA) is 46.5 Å². The van der Waals surface area contributed by atoms with E-state index in [0.29, 0.717) is 6.42 Å². The van der Waals surface area contributed by atoms with Crippen LogP contribution in [0.2, 0.25) is 18.6 Å². The van der Waals surface area contributed by atoms with Crippen molar-refractivity contribution in [1.82, 2.24) is 0 Å². The lowest BCUT2D eigenvalue weighted by molar-refractivity contribution is -0.152. The molecule has 1 saturated carbocycles. The van der Waals surface area contributed by atoms with Gasteiger partial charge in [-0.25, -0.2) is 0 Å². The lowest BCUT2D eigenvalue weighted by Gasteiger charge is -2.52. The predicted molar refractivity (Wildman–Crippen MR) is 98.9 cm³/mol. The van der Waals surface area contributed by atoms with Gasteiger partial charge in [0.15, 0.2) is 0 Å². The van der Waals surface area contributed by atoms with Crippen LogP contribution < -0.4 is 5.19 Å². The Kier molecular flexibility index (Phi) is 4.71. The first-order valence-corrected chi connectivity index (χ1v) is 12.0. The number of fused-ring (bicyclic) bond motifs is 1. The Morgan fingerprint density at radius 3 is 2.62 bits per heavy atom. The lowest BCUT2D eigenvalue weighted by atomic mass is 9.64. The van der Waals surface area contributed by atoms with Crippen molar-refractivity contribution in [3.05, 3.63) is 42.0 Å². The smallest absolute Gasteiger partial charge is 0.315 e. The Morgan fingerprint density at radius 1 is 1.25 bits per heavy atom. The van der Waals surface area contributed by atoms with Gasteiger partial charge in [0.2, 0.25) is 0 Å². The van der Waals surface area contributed by atoms with Gasteiger partial charge < -0.3 is 9.84 Å². The van der Waals surface area contributed by atoms with Crippen LogP contribution in [0.25, 0.3) is 0 Å². The van der Waals surface area contributed by atoms with Crippen molar-refractivity contribution in [2.45, 2.75) is 56.8 Å². The van der Waals surface area contributed by atoms with Gasteiger partial charge in [0.05, 0.1) is 26.7 Å². The molecule has 0 bridgehead atoms. The quantitative estimate of drug-likeness (QED) is 0.519. The summed E-state index contributed by atoms with van der Waals surface area (Å²) in [5.41, 5.74) is 0.758. The molecule has 3 atom stereocenters. The van der Waals surface area contributed by atoms with Gasteiger partial charge >= 0.3 is 5.97 Å². The lowest BCUT2D eigenvalue weighted by Crippen LogP contribution is -2.58. The molecule has 0 spiro atoms. The summed E-state index contributed by atoms with van der Waals surface area (Å²) in [6, 6.07) is 10.6. The molecular formula is C20H28O3Si. The Bertz CT molecular complexity index is 638. The number of aliphatic hydroxyl groups excluding tert-OH is 1. The summed E-state index contributed by atoms with van der Waals surface area (Å²) < 4.78 is 5.31. The van der Waals surface area contributed by atoms with E-state index < -0.39 is 19.6 Å². The molecule has 0 heterocycles. The monoisotopic (exact) mass is 344 g/mol. The molecule has 0 unspecified atom stereocenters. The second-order valence-electron chi connectivity index (χ2n) is 7.81. The summed E-state index contributed by atoms with van der Waals surface area (Å²) in [6.07, 6.45) is 6.06. The van der Waals surface area contributed by atoms with Crippen molar-refractivity contribution in [2.75, 3.05) is 7.11 Å². The van der Waals surface area contributed by atoms with Crippen molar-refractivity contribution in [1.29, 1.82) is 0 Å². The van der Waals surface area contributed by atoms with Gasteiger partial charge in [-0.05, 0) is 31.2 Å². The van der Waals surface area contributed by atoms with Crippen molar-refractivity contribution in [3.63, 3.8) is 0 Å². The predicted octanol–water partition coefficient (Wildman–Crippen LogP) is 3.40. The van der Waals surface area contributed by atoms with Gasteiger partial charge in [0, 0.05) is 0 Å². The van der Waals surface area contributed by atoms with Crippen LogP contribution in [-0.4, -0.2) is 32.4 Å². The molecule has 1 aromatic carbocycles. The van der Waals surface area contributed by atoms with Gasteiger partial charge in [-0.15, -0.1) is 0 Å². The number of benzene rings is 1. The number of rotatable bonds is 3. The van der Waals surface area contributed by atoms with E-state index in [9.17, 15) is 9.90 Å². The maximum Gasteiger partial charge on any atom is 0.315 e. The fraction of sp³-hybridized carbons (Fsp3) is 0.550.